The average Bonchev–Trinajstić information content (AvgIpc) is 3.43. The number of carbonyl (C=O) groups is 2. The van der Waals surface area contributed by atoms with E-state index >= 15 is 0 Å². The van der Waals surface area contributed by atoms with Crippen LogP contribution >= 0.6 is 0 Å². The number of carboxylic acid groups (broad SMARTS) is 1. The predicted octanol–water partition coefficient (Wildman–Crippen LogP) is 10.4. The Morgan fingerprint density at radius 2 is 0.740 bits per heavy atom. The molecule has 0 amide bonds. The molecule has 0 aromatic heterocycles. The molecule has 410 valence electrons. The lowest BCUT2D eigenvalue weighted by Gasteiger charge is -2.14. The lowest BCUT2D eigenvalue weighted by atomic mass is 10.00. The number of methoxy groups -OCH3 is 10. The molecule has 0 atom stereocenters. The number of phenols is 5. The van der Waals surface area contributed by atoms with Crippen LogP contribution in [-0.2, 0) is 12.8 Å². The first-order chi connectivity index (χ1) is 36.7. The maximum atomic E-state index is 12.8. The highest BCUT2D eigenvalue weighted by Crippen LogP contribution is 2.37. The van der Waals surface area contributed by atoms with Crippen LogP contribution in [0.15, 0.2) is 103 Å². The molecule has 0 bridgehead atoms. The third-order valence-electron chi connectivity index (χ3n) is 11.8. The monoisotopic (exact) mass is 1060 g/mol. The van der Waals surface area contributed by atoms with E-state index in [1.165, 1.54) is 52.7 Å². The van der Waals surface area contributed by atoms with Crippen molar-refractivity contribution in [3.05, 3.63) is 159 Å². The van der Waals surface area contributed by atoms with Gasteiger partial charge in [0.2, 0.25) is 0 Å². The molecular formula is C59H66O18. The van der Waals surface area contributed by atoms with Crippen LogP contribution in [0.5, 0.6) is 86.2 Å². The lowest BCUT2D eigenvalue weighted by molar-refractivity contribution is 0.0692. The molecule has 0 radical (unpaired) electrons. The van der Waals surface area contributed by atoms with E-state index in [1.54, 1.807) is 85.1 Å². The molecule has 18 heteroatoms. The summed E-state index contributed by atoms with van der Waals surface area (Å²) in [6.07, 6.45) is 0.966. The van der Waals surface area contributed by atoms with Crippen molar-refractivity contribution in [2.24, 2.45) is 0 Å². The summed E-state index contributed by atoms with van der Waals surface area (Å²) in [5, 5.41) is 55.5. The molecule has 0 aliphatic carbocycles. The molecule has 6 N–H and O–H groups in total. The second-order valence-electron chi connectivity index (χ2n) is 16.7. The van der Waals surface area contributed by atoms with E-state index < -0.39 is 11.7 Å². The highest BCUT2D eigenvalue weighted by Gasteiger charge is 2.20. The Bertz CT molecular complexity index is 3150. The van der Waals surface area contributed by atoms with Gasteiger partial charge >= 0.3 is 5.97 Å². The number of aromatic carboxylic acids is 1. The number of hydrogen-bond acceptors (Lipinski definition) is 17. The van der Waals surface area contributed by atoms with Gasteiger partial charge in [-0.15, -0.1) is 0 Å². The summed E-state index contributed by atoms with van der Waals surface area (Å²) in [5.74, 6) is 3.67. The molecule has 0 aliphatic heterocycles. The van der Waals surface area contributed by atoms with E-state index in [1.807, 2.05) is 51.1 Å². The number of aromatic hydroxyl groups is 5. The number of carbonyl (C=O) groups excluding carboxylic acids is 1. The first-order valence-electron chi connectivity index (χ1n) is 23.4. The largest absolute Gasteiger partial charge is 0.508 e. The molecule has 18 nitrogen and oxygen atoms in total. The van der Waals surface area contributed by atoms with Gasteiger partial charge in [-0.1, -0.05) is 12.1 Å². The highest BCUT2D eigenvalue weighted by molar-refractivity contribution is 6.11. The standard InChI is InChI=1S/C18H20O5.C18H22O4.C13H12O5.C10H12O4/c1-11-8-16(22-4)13(10-15(11)21-3)18(19)12-6-7-14(20-2)17(9-12)23-5;1-12-8-17(21-4)14(11-16(12)20-3)9-13-6-7-15(19-2)18(10-13)22-5;14-9-2-1-7(4-11(9)16)3-8-5-12(17)13(18)6-10(8)15;1-6-4-9(14-3)7(10(11)12)5-8(6)13-2/h6-10H,1-5H3;6-8,10-11H,9H2,1-5H3;1-2,4-6,14-18H,3H2;4-5H,1-3H3,(H,11,12). The Morgan fingerprint density at radius 1 is 0.338 bits per heavy atom. The third kappa shape index (κ3) is 15.6. The number of ketones is 1. The second-order valence-corrected chi connectivity index (χ2v) is 16.7. The summed E-state index contributed by atoms with van der Waals surface area (Å²) in [5.41, 5.74) is 7.03. The van der Waals surface area contributed by atoms with Gasteiger partial charge in [0.25, 0.3) is 0 Å². The zero-order valence-corrected chi connectivity index (χ0v) is 45.3. The normalized spacial score (nSPS) is 10.1. The number of hydrogen-bond donors (Lipinski definition) is 6. The van der Waals surface area contributed by atoms with E-state index in [4.69, 9.17) is 52.5 Å². The van der Waals surface area contributed by atoms with E-state index in [9.17, 15) is 35.1 Å². The summed E-state index contributed by atoms with van der Waals surface area (Å²) in [6.45, 7) is 5.72. The van der Waals surface area contributed by atoms with E-state index in [2.05, 4.69) is 0 Å². The minimum Gasteiger partial charge on any atom is -0.508 e. The summed E-state index contributed by atoms with van der Waals surface area (Å²) >= 11 is 0. The fourth-order valence-corrected chi connectivity index (χ4v) is 7.69. The van der Waals surface area contributed by atoms with Crippen LogP contribution in [0.25, 0.3) is 0 Å². The van der Waals surface area contributed by atoms with Crippen LogP contribution in [0.1, 0.15) is 65.2 Å². The van der Waals surface area contributed by atoms with Gasteiger partial charge in [0.05, 0.1) is 76.7 Å². The lowest BCUT2D eigenvalue weighted by Crippen LogP contribution is -2.06. The molecule has 0 unspecified atom stereocenters. The fraction of sp³-hybridized carbons (Fsp3) is 0.254. The predicted molar refractivity (Wildman–Crippen MR) is 289 cm³/mol. The van der Waals surface area contributed by atoms with E-state index in [0.29, 0.717) is 56.8 Å². The van der Waals surface area contributed by atoms with Gasteiger partial charge in [-0.2, -0.15) is 0 Å². The van der Waals surface area contributed by atoms with Crippen molar-refractivity contribution in [1.29, 1.82) is 0 Å². The van der Waals surface area contributed by atoms with Gasteiger partial charge in [-0.25, -0.2) is 4.79 Å². The first kappa shape index (κ1) is 60.2. The Kier molecular flexibility index (Phi) is 22.2. The van der Waals surface area contributed by atoms with Gasteiger partial charge in [-0.3, -0.25) is 4.79 Å². The summed E-state index contributed by atoms with van der Waals surface area (Å²) in [6, 6.07) is 28.1. The van der Waals surface area contributed by atoms with Gasteiger partial charge in [0.1, 0.15) is 45.8 Å². The van der Waals surface area contributed by atoms with Crippen LogP contribution in [-0.4, -0.2) is 113 Å². The zero-order valence-electron chi connectivity index (χ0n) is 45.3. The van der Waals surface area contributed by atoms with Crippen molar-refractivity contribution in [3.63, 3.8) is 0 Å². The molecule has 0 saturated heterocycles. The average molecular weight is 1060 g/mol. The molecule has 7 rings (SSSR count). The molecule has 7 aromatic carbocycles. The van der Waals surface area contributed by atoms with Crippen LogP contribution in [0.4, 0.5) is 0 Å². The van der Waals surface area contributed by atoms with Crippen LogP contribution in [0.2, 0.25) is 0 Å². The van der Waals surface area contributed by atoms with Crippen molar-refractivity contribution in [2.45, 2.75) is 33.6 Å². The second kappa shape index (κ2) is 28.4. The van der Waals surface area contributed by atoms with Crippen molar-refractivity contribution < 1.29 is 87.6 Å². The van der Waals surface area contributed by atoms with Gasteiger partial charge < -0.3 is 78.0 Å². The van der Waals surface area contributed by atoms with Gasteiger partial charge in [-0.05, 0) is 134 Å². The molecule has 0 fully saturated rings. The molecule has 77 heavy (non-hydrogen) atoms. The van der Waals surface area contributed by atoms with Crippen LogP contribution in [0, 0.1) is 20.8 Å². The topological polar surface area (TPSA) is 248 Å². The molecule has 0 aliphatic rings. The maximum absolute atomic E-state index is 12.8. The van der Waals surface area contributed by atoms with Crippen molar-refractivity contribution >= 4 is 11.8 Å². The number of rotatable bonds is 17. The van der Waals surface area contributed by atoms with Crippen molar-refractivity contribution in [2.75, 3.05) is 71.1 Å². The minimum absolute atomic E-state index is 0.106. The quantitative estimate of drug-likeness (QED) is 0.0282. The van der Waals surface area contributed by atoms with E-state index in [-0.39, 0.29) is 40.8 Å². The third-order valence-corrected chi connectivity index (χ3v) is 11.8. The zero-order chi connectivity index (χ0) is 57.1. The fourth-order valence-electron chi connectivity index (χ4n) is 7.69. The Labute approximate surface area is 447 Å². The summed E-state index contributed by atoms with van der Waals surface area (Å²) < 4.78 is 52.6. The number of ether oxygens (including phenoxy) is 10. The van der Waals surface area contributed by atoms with E-state index in [0.717, 1.165) is 63.3 Å². The number of carboxylic acids is 1. The number of benzene rings is 7. The molecule has 0 heterocycles. The number of phenolic OH excluding ortho intramolecular Hbond substituents is 5. The smallest absolute Gasteiger partial charge is 0.339 e. The van der Waals surface area contributed by atoms with Crippen LogP contribution < -0.4 is 47.4 Å². The van der Waals surface area contributed by atoms with Gasteiger partial charge in [0.15, 0.2) is 51.8 Å². The Hall–Kier alpha value is -9.32. The Balaban J connectivity index is 0.000000225. The molecular weight excluding hydrogens is 997 g/mol. The summed E-state index contributed by atoms with van der Waals surface area (Å²) in [4.78, 5) is 23.7. The molecule has 0 saturated carbocycles. The molecule has 0 spiro atoms. The summed E-state index contributed by atoms with van der Waals surface area (Å²) in [7, 11) is 15.7. The minimum atomic E-state index is -1.03. The molecule has 7 aromatic rings. The SMILES string of the molecule is COc1cc(C(=O)O)c(OC)cc1C.COc1cc(C(=O)c2ccc(OC)c(OC)c2)c(OC)cc1C.COc1cc(Cc2ccc(OC)c(OC)c2)c(OC)cc1C.Oc1ccc(Cc2cc(O)c(O)cc2O)cc1O. The maximum Gasteiger partial charge on any atom is 0.339 e. The highest BCUT2D eigenvalue weighted by atomic mass is 16.5. The van der Waals surface area contributed by atoms with Crippen LogP contribution in [0.3, 0.4) is 0 Å². The van der Waals surface area contributed by atoms with Crippen molar-refractivity contribution in [3.8, 4) is 86.2 Å². The van der Waals surface area contributed by atoms with Gasteiger partial charge in [0, 0.05) is 35.6 Å². The van der Waals surface area contributed by atoms with Crippen molar-refractivity contribution in [1.82, 2.24) is 0 Å². The number of aryl methyl sites for hydroxylation is 3. The Morgan fingerprint density at radius 3 is 1.25 bits per heavy atom. The first-order valence-corrected chi connectivity index (χ1v) is 23.4.